The third-order valence-electron chi connectivity index (χ3n) is 3.81. The van der Waals surface area contributed by atoms with Crippen LogP contribution in [0.25, 0.3) is 22.1 Å². The number of thiophene rings is 1. The second kappa shape index (κ2) is 6.78. The first kappa shape index (κ1) is 16.6. The molecule has 1 amide bonds. The van der Waals surface area contributed by atoms with E-state index in [2.05, 4.69) is 21.4 Å². The molecular formula is C18H12N4O2S2. The molecule has 3 aromatic heterocycles. The number of rotatable bonds is 4. The first-order valence-corrected chi connectivity index (χ1v) is 9.50. The van der Waals surface area contributed by atoms with Crippen molar-refractivity contribution < 1.29 is 9.21 Å². The second-order valence-electron chi connectivity index (χ2n) is 5.48. The average molecular weight is 380 g/mol. The Balaban J connectivity index is 1.60. The van der Waals surface area contributed by atoms with Crippen LogP contribution in [0.3, 0.4) is 0 Å². The number of carbonyl (C=O) groups excluding carboxylic acids is 1. The van der Waals surface area contributed by atoms with Crippen molar-refractivity contribution in [1.82, 2.24) is 9.97 Å². The summed E-state index contributed by atoms with van der Waals surface area (Å²) in [7, 11) is 0. The highest BCUT2D eigenvalue weighted by molar-refractivity contribution is 8.00. The fourth-order valence-electron chi connectivity index (χ4n) is 2.52. The summed E-state index contributed by atoms with van der Waals surface area (Å²) in [5.74, 6) is -0.197. The molecular weight excluding hydrogens is 368 g/mol. The van der Waals surface area contributed by atoms with Gasteiger partial charge in [-0.15, -0.1) is 11.3 Å². The summed E-state index contributed by atoms with van der Waals surface area (Å²) in [5, 5.41) is 15.3. The highest BCUT2D eigenvalue weighted by Gasteiger charge is 2.21. The molecule has 26 heavy (non-hydrogen) atoms. The third kappa shape index (κ3) is 2.92. The van der Waals surface area contributed by atoms with Crippen LogP contribution < -0.4 is 5.32 Å². The predicted molar refractivity (Wildman–Crippen MR) is 102 cm³/mol. The van der Waals surface area contributed by atoms with Gasteiger partial charge in [-0.05, 0) is 30.5 Å². The molecule has 8 heteroatoms. The van der Waals surface area contributed by atoms with Crippen LogP contribution in [0.5, 0.6) is 0 Å². The Kier molecular flexibility index (Phi) is 4.32. The van der Waals surface area contributed by atoms with Crippen LogP contribution >= 0.6 is 23.1 Å². The number of amides is 1. The van der Waals surface area contributed by atoms with Crippen LogP contribution in [0.4, 0.5) is 5.00 Å². The standard InChI is InChI=1S/C18H12N4O2S2/c1-10(16(23)22-17-11(8-19)6-7-25-17)26-18-15-14(20-9-21-18)12-4-2-3-5-13(12)24-15/h2-7,9-10H,1H3,(H,22,23)/t10-/m1/s1. The Bertz CT molecular complexity index is 1160. The number of anilines is 1. The van der Waals surface area contributed by atoms with Crippen LogP contribution in [-0.2, 0) is 4.79 Å². The molecule has 4 rings (SSSR count). The van der Waals surface area contributed by atoms with Crippen molar-refractivity contribution >= 4 is 56.1 Å². The topological polar surface area (TPSA) is 91.8 Å². The molecule has 0 saturated heterocycles. The van der Waals surface area contributed by atoms with Gasteiger partial charge in [-0.1, -0.05) is 23.9 Å². The van der Waals surface area contributed by atoms with Crippen LogP contribution in [0.1, 0.15) is 12.5 Å². The van der Waals surface area contributed by atoms with E-state index in [0.717, 1.165) is 16.5 Å². The summed E-state index contributed by atoms with van der Waals surface area (Å²) >= 11 is 2.62. The van der Waals surface area contributed by atoms with Crippen LogP contribution in [0.2, 0.25) is 0 Å². The summed E-state index contributed by atoms with van der Waals surface area (Å²) in [4.78, 5) is 21.1. The van der Waals surface area contributed by atoms with E-state index in [4.69, 9.17) is 9.68 Å². The molecule has 0 fully saturated rings. The highest BCUT2D eigenvalue weighted by atomic mass is 32.2. The van der Waals surface area contributed by atoms with E-state index >= 15 is 0 Å². The molecule has 1 N–H and O–H groups in total. The number of carbonyl (C=O) groups is 1. The normalized spacial score (nSPS) is 12.2. The lowest BCUT2D eigenvalue weighted by Crippen LogP contribution is -2.22. The monoisotopic (exact) mass is 380 g/mol. The molecule has 0 unspecified atom stereocenters. The number of benzene rings is 1. The van der Waals surface area contributed by atoms with Gasteiger partial charge >= 0.3 is 0 Å². The number of para-hydroxylation sites is 1. The van der Waals surface area contributed by atoms with Gasteiger partial charge in [0.05, 0.1) is 10.8 Å². The Morgan fingerprint density at radius 3 is 3.04 bits per heavy atom. The van der Waals surface area contributed by atoms with Crippen LogP contribution in [-0.4, -0.2) is 21.1 Å². The summed E-state index contributed by atoms with van der Waals surface area (Å²) in [6.07, 6.45) is 1.48. The number of fused-ring (bicyclic) bond motifs is 3. The Morgan fingerprint density at radius 1 is 1.35 bits per heavy atom. The van der Waals surface area contributed by atoms with Crippen molar-refractivity contribution in [2.45, 2.75) is 17.2 Å². The van der Waals surface area contributed by atoms with E-state index in [9.17, 15) is 4.79 Å². The first-order valence-electron chi connectivity index (χ1n) is 7.74. The summed E-state index contributed by atoms with van der Waals surface area (Å²) < 4.78 is 5.89. The minimum atomic E-state index is -0.421. The molecule has 128 valence electrons. The molecule has 0 aliphatic heterocycles. The maximum absolute atomic E-state index is 12.5. The molecule has 1 atom stereocenters. The molecule has 0 aliphatic carbocycles. The number of hydrogen-bond acceptors (Lipinski definition) is 7. The fraction of sp³-hybridized carbons (Fsp3) is 0.111. The van der Waals surface area contributed by atoms with Crippen molar-refractivity contribution in [1.29, 1.82) is 5.26 Å². The van der Waals surface area contributed by atoms with Crippen LogP contribution in [0, 0.1) is 11.3 Å². The van der Waals surface area contributed by atoms with Gasteiger partial charge in [0, 0.05) is 5.39 Å². The third-order valence-corrected chi connectivity index (χ3v) is 5.72. The second-order valence-corrected chi connectivity index (χ2v) is 7.72. The Hall–Kier alpha value is -2.89. The van der Waals surface area contributed by atoms with Crippen LogP contribution in [0.15, 0.2) is 51.5 Å². The minimum absolute atomic E-state index is 0.197. The summed E-state index contributed by atoms with van der Waals surface area (Å²) in [5.41, 5.74) is 2.50. The van der Waals surface area contributed by atoms with Gasteiger partial charge in [0.1, 0.15) is 33.5 Å². The zero-order chi connectivity index (χ0) is 18.1. The molecule has 4 aromatic rings. The summed E-state index contributed by atoms with van der Waals surface area (Å²) in [6.45, 7) is 1.79. The molecule has 0 radical (unpaired) electrons. The number of nitrogens with one attached hydrogen (secondary N) is 1. The quantitative estimate of drug-likeness (QED) is 0.416. The largest absolute Gasteiger partial charge is 0.451 e. The molecule has 0 spiro atoms. The maximum Gasteiger partial charge on any atom is 0.238 e. The molecule has 0 saturated carbocycles. The molecule has 3 heterocycles. The Labute approximate surface area is 156 Å². The van der Waals surface area contributed by atoms with E-state index in [1.165, 1.54) is 29.4 Å². The lowest BCUT2D eigenvalue weighted by atomic mass is 10.2. The van der Waals surface area contributed by atoms with E-state index in [0.29, 0.717) is 21.2 Å². The molecule has 1 aromatic carbocycles. The number of nitrogens with zero attached hydrogens (tertiary/aromatic N) is 3. The number of aromatic nitrogens is 2. The van der Waals surface area contributed by atoms with Crippen molar-refractivity contribution in [3.05, 3.63) is 47.6 Å². The maximum atomic E-state index is 12.5. The van der Waals surface area contributed by atoms with Gasteiger partial charge in [0.15, 0.2) is 5.58 Å². The first-order chi connectivity index (χ1) is 12.7. The predicted octanol–water partition coefficient (Wildman–Crippen LogP) is 4.43. The van der Waals surface area contributed by atoms with E-state index in [1.807, 2.05) is 24.3 Å². The average Bonchev–Trinajstić information content (AvgIpc) is 3.26. The van der Waals surface area contributed by atoms with E-state index in [1.54, 1.807) is 18.4 Å². The molecule has 0 aliphatic rings. The Morgan fingerprint density at radius 2 is 2.19 bits per heavy atom. The number of furan rings is 1. The summed E-state index contributed by atoms with van der Waals surface area (Å²) in [6, 6.07) is 11.4. The van der Waals surface area contributed by atoms with Crippen molar-refractivity contribution in [2.75, 3.05) is 5.32 Å². The smallest absolute Gasteiger partial charge is 0.238 e. The van der Waals surface area contributed by atoms with Crippen molar-refractivity contribution in [2.24, 2.45) is 0 Å². The van der Waals surface area contributed by atoms with E-state index in [-0.39, 0.29) is 5.91 Å². The minimum Gasteiger partial charge on any atom is -0.451 e. The van der Waals surface area contributed by atoms with Gasteiger partial charge < -0.3 is 9.73 Å². The molecule has 6 nitrogen and oxygen atoms in total. The molecule has 0 bridgehead atoms. The van der Waals surface area contributed by atoms with Crippen molar-refractivity contribution in [3.63, 3.8) is 0 Å². The van der Waals surface area contributed by atoms with Gasteiger partial charge in [-0.3, -0.25) is 4.79 Å². The lowest BCUT2D eigenvalue weighted by molar-refractivity contribution is -0.115. The zero-order valence-corrected chi connectivity index (χ0v) is 15.2. The number of nitriles is 1. The lowest BCUT2D eigenvalue weighted by Gasteiger charge is -2.10. The SMILES string of the molecule is C[C@@H](Sc1ncnc2c1oc1ccccc12)C(=O)Nc1sccc1C#N. The van der Waals surface area contributed by atoms with Gasteiger partial charge in [0.25, 0.3) is 0 Å². The van der Waals surface area contributed by atoms with E-state index < -0.39 is 5.25 Å². The van der Waals surface area contributed by atoms with Crippen molar-refractivity contribution in [3.8, 4) is 6.07 Å². The van der Waals surface area contributed by atoms with Gasteiger partial charge in [-0.25, -0.2) is 9.97 Å². The fourth-order valence-corrected chi connectivity index (χ4v) is 4.11. The highest BCUT2D eigenvalue weighted by Crippen LogP contribution is 2.34. The zero-order valence-electron chi connectivity index (χ0n) is 13.6. The van der Waals surface area contributed by atoms with Gasteiger partial charge in [-0.2, -0.15) is 5.26 Å². The number of thioether (sulfide) groups is 1. The number of hydrogen-bond donors (Lipinski definition) is 1. The van der Waals surface area contributed by atoms with Gasteiger partial charge in [0.2, 0.25) is 5.91 Å².